The summed E-state index contributed by atoms with van der Waals surface area (Å²) in [7, 11) is 0. The SMILES string of the molecule is Cc1ccc(/C=C2/NC(=O)N(Cc3ccccc3F)C2=O)s1. The summed E-state index contributed by atoms with van der Waals surface area (Å²) in [6.45, 7) is 1.88. The summed E-state index contributed by atoms with van der Waals surface area (Å²) in [6.07, 6.45) is 1.64. The summed E-state index contributed by atoms with van der Waals surface area (Å²) in [5.41, 5.74) is 0.516. The van der Waals surface area contributed by atoms with E-state index in [0.29, 0.717) is 5.56 Å². The Morgan fingerprint density at radius 2 is 2.00 bits per heavy atom. The molecule has 1 fully saturated rings. The van der Waals surface area contributed by atoms with Crippen LogP contribution in [-0.4, -0.2) is 16.8 Å². The summed E-state index contributed by atoms with van der Waals surface area (Å²) in [5.74, 6) is -0.881. The molecule has 1 aromatic carbocycles. The van der Waals surface area contributed by atoms with E-state index in [0.717, 1.165) is 14.7 Å². The number of nitrogens with zero attached hydrogens (tertiary/aromatic N) is 1. The average molecular weight is 316 g/mol. The maximum Gasteiger partial charge on any atom is 0.329 e. The Morgan fingerprint density at radius 1 is 1.23 bits per heavy atom. The summed E-state index contributed by atoms with van der Waals surface area (Å²) in [6, 6.07) is 9.38. The van der Waals surface area contributed by atoms with Crippen molar-refractivity contribution in [2.75, 3.05) is 0 Å². The van der Waals surface area contributed by atoms with Gasteiger partial charge >= 0.3 is 6.03 Å². The number of thiophene rings is 1. The summed E-state index contributed by atoms with van der Waals surface area (Å²) >= 11 is 1.53. The molecule has 0 bridgehead atoms. The lowest BCUT2D eigenvalue weighted by Crippen LogP contribution is -2.30. The van der Waals surface area contributed by atoms with Gasteiger partial charge in [0.25, 0.3) is 5.91 Å². The first-order valence-electron chi connectivity index (χ1n) is 6.69. The van der Waals surface area contributed by atoms with E-state index >= 15 is 0 Å². The number of rotatable bonds is 3. The van der Waals surface area contributed by atoms with Crippen molar-refractivity contribution >= 4 is 29.4 Å². The second kappa shape index (κ2) is 5.73. The summed E-state index contributed by atoms with van der Waals surface area (Å²) < 4.78 is 13.7. The van der Waals surface area contributed by atoms with Crippen molar-refractivity contribution in [2.45, 2.75) is 13.5 Å². The van der Waals surface area contributed by atoms with E-state index in [2.05, 4.69) is 5.32 Å². The lowest BCUT2D eigenvalue weighted by Gasteiger charge is -2.12. The van der Waals surface area contributed by atoms with Crippen molar-refractivity contribution < 1.29 is 14.0 Å². The largest absolute Gasteiger partial charge is 0.329 e. The fraction of sp³-hybridized carbons (Fsp3) is 0.125. The maximum atomic E-state index is 13.7. The number of aryl methyl sites for hydroxylation is 1. The standard InChI is InChI=1S/C16H13FN2O2S/c1-10-6-7-12(22-10)8-14-15(20)19(16(21)18-14)9-11-4-2-3-5-13(11)17/h2-8H,9H2,1H3,(H,18,21)/b14-8+. The van der Waals surface area contributed by atoms with Crippen LogP contribution >= 0.6 is 11.3 Å². The molecule has 22 heavy (non-hydrogen) atoms. The van der Waals surface area contributed by atoms with Crippen molar-refractivity contribution in [3.8, 4) is 0 Å². The van der Waals surface area contributed by atoms with E-state index in [1.807, 2.05) is 19.1 Å². The number of nitrogens with one attached hydrogen (secondary N) is 1. The van der Waals surface area contributed by atoms with Crippen LogP contribution in [0, 0.1) is 12.7 Å². The zero-order valence-electron chi connectivity index (χ0n) is 11.8. The monoisotopic (exact) mass is 316 g/mol. The van der Waals surface area contributed by atoms with E-state index < -0.39 is 17.8 Å². The Kier molecular flexibility index (Phi) is 3.77. The van der Waals surface area contributed by atoms with Gasteiger partial charge in [-0.2, -0.15) is 0 Å². The van der Waals surface area contributed by atoms with Crippen LogP contribution in [0.2, 0.25) is 0 Å². The maximum absolute atomic E-state index is 13.7. The number of urea groups is 1. The molecule has 0 unspecified atom stereocenters. The molecule has 3 amide bonds. The van der Waals surface area contributed by atoms with Crippen LogP contribution in [0.3, 0.4) is 0 Å². The molecule has 112 valence electrons. The molecule has 1 aliphatic heterocycles. The third-order valence-electron chi connectivity index (χ3n) is 3.30. The van der Waals surface area contributed by atoms with E-state index in [9.17, 15) is 14.0 Å². The van der Waals surface area contributed by atoms with E-state index in [1.165, 1.54) is 17.4 Å². The Morgan fingerprint density at radius 3 is 2.68 bits per heavy atom. The summed E-state index contributed by atoms with van der Waals surface area (Å²) in [5, 5.41) is 2.53. The minimum atomic E-state index is -0.534. The van der Waals surface area contributed by atoms with Crippen molar-refractivity contribution in [2.24, 2.45) is 0 Å². The van der Waals surface area contributed by atoms with Crippen molar-refractivity contribution in [3.63, 3.8) is 0 Å². The van der Waals surface area contributed by atoms with E-state index in [4.69, 9.17) is 0 Å². The molecule has 2 heterocycles. The first kappa shape index (κ1) is 14.5. The topological polar surface area (TPSA) is 49.4 Å². The molecule has 1 saturated heterocycles. The van der Waals surface area contributed by atoms with Crippen LogP contribution in [-0.2, 0) is 11.3 Å². The highest BCUT2D eigenvalue weighted by Gasteiger charge is 2.34. The van der Waals surface area contributed by atoms with Gasteiger partial charge in [-0.05, 0) is 31.2 Å². The minimum absolute atomic E-state index is 0.0852. The molecule has 1 aliphatic rings. The van der Waals surface area contributed by atoms with Crippen LogP contribution in [0.1, 0.15) is 15.3 Å². The van der Waals surface area contributed by atoms with Crippen LogP contribution in [0.15, 0.2) is 42.1 Å². The van der Waals surface area contributed by atoms with Gasteiger partial charge in [0, 0.05) is 15.3 Å². The quantitative estimate of drug-likeness (QED) is 0.698. The molecule has 0 atom stereocenters. The third-order valence-corrected chi connectivity index (χ3v) is 4.24. The van der Waals surface area contributed by atoms with Crippen molar-refractivity contribution in [3.05, 3.63) is 63.2 Å². The van der Waals surface area contributed by atoms with Gasteiger partial charge in [-0.25, -0.2) is 9.18 Å². The second-order valence-corrected chi connectivity index (χ2v) is 6.24. The molecular formula is C16H13FN2O2S. The third kappa shape index (κ3) is 2.78. The van der Waals surface area contributed by atoms with E-state index in [1.54, 1.807) is 24.3 Å². The highest BCUT2D eigenvalue weighted by atomic mass is 32.1. The number of carbonyl (C=O) groups is 2. The number of amides is 3. The van der Waals surface area contributed by atoms with E-state index in [-0.39, 0.29) is 12.2 Å². The molecule has 0 saturated carbocycles. The predicted molar refractivity (Wildman–Crippen MR) is 82.5 cm³/mol. The van der Waals surface area contributed by atoms with Gasteiger partial charge < -0.3 is 5.32 Å². The number of hydrogen-bond acceptors (Lipinski definition) is 3. The number of benzene rings is 1. The normalized spacial score (nSPS) is 16.5. The zero-order chi connectivity index (χ0) is 15.7. The van der Waals surface area contributed by atoms with Gasteiger partial charge in [0.1, 0.15) is 11.5 Å². The number of hydrogen-bond donors (Lipinski definition) is 1. The highest BCUT2D eigenvalue weighted by Crippen LogP contribution is 2.21. The molecule has 3 rings (SSSR count). The van der Waals surface area contributed by atoms with Crippen molar-refractivity contribution in [1.82, 2.24) is 10.2 Å². The summed E-state index contributed by atoms with van der Waals surface area (Å²) in [4.78, 5) is 27.2. The zero-order valence-corrected chi connectivity index (χ0v) is 12.6. The molecule has 1 aromatic heterocycles. The van der Waals surface area contributed by atoms with Gasteiger partial charge in [-0.3, -0.25) is 9.69 Å². The lowest BCUT2D eigenvalue weighted by molar-refractivity contribution is -0.123. The average Bonchev–Trinajstić information content (AvgIpc) is 3.00. The van der Waals surface area contributed by atoms with Crippen LogP contribution in [0.4, 0.5) is 9.18 Å². The Bertz CT molecular complexity index is 782. The first-order valence-corrected chi connectivity index (χ1v) is 7.50. The fourth-order valence-electron chi connectivity index (χ4n) is 2.19. The number of imide groups is 1. The van der Waals surface area contributed by atoms with Gasteiger partial charge in [0.2, 0.25) is 0 Å². The number of carbonyl (C=O) groups excluding carboxylic acids is 2. The first-order chi connectivity index (χ1) is 10.5. The molecular weight excluding hydrogens is 303 g/mol. The van der Waals surface area contributed by atoms with Crippen molar-refractivity contribution in [1.29, 1.82) is 0 Å². The fourth-order valence-corrected chi connectivity index (χ4v) is 3.01. The molecule has 1 N–H and O–H groups in total. The molecule has 6 heteroatoms. The van der Waals surface area contributed by atoms with Crippen LogP contribution < -0.4 is 5.32 Å². The molecule has 0 spiro atoms. The molecule has 0 aliphatic carbocycles. The number of halogens is 1. The van der Waals surface area contributed by atoms with Gasteiger partial charge in [-0.1, -0.05) is 18.2 Å². The Hall–Kier alpha value is -2.47. The molecule has 2 aromatic rings. The Labute approximate surface area is 130 Å². The lowest BCUT2D eigenvalue weighted by atomic mass is 10.2. The van der Waals surface area contributed by atoms with Gasteiger partial charge in [0.15, 0.2) is 0 Å². The highest BCUT2D eigenvalue weighted by molar-refractivity contribution is 7.12. The van der Waals surface area contributed by atoms with Gasteiger partial charge in [-0.15, -0.1) is 11.3 Å². The predicted octanol–water partition coefficient (Wildman–Crippen LogP) is 3.29. The van der Waals surface area contributed by atoms with Gasteiger partial charge in [0.05, 0.1) is 6.54 Å². The Balaban J connectivity index is 1.83. The second-order valence-electron chi connectivity index (χ2n) is 4.92. The van der Waals surface area contributed by atoms with Crippen LogP contribution in [0.25, 0.3) is 6.08 Å². The molecule has 4 nitrogen and oxygen atoms in total. The minimum Gasteiger partial charge on any atom is -0.303 e. The van der Waals surface area contributed by atoms with Crippen LogP contribution in [0.5, 0.6) is 0 Å². The smallest absolute Gasteiger partial charge is 0.303 e. The molecule has 0 radical (unpaired) electrons.